The maximum absolute atomic E-state index is 10.5. The first-order valence-electron chi connectivity index (χ1n) is 8.43. The number of aliphatic carboxylic acids is 1. The first-order chi connectivity index (χ1) is 13.1. The summed E-state index contributed by atoms with van der Waals surface area (Å²) < 4.78 is 4.66. The van der Waals surface area contributed by atoms with Crippen LogP contribution in [0.1, 0.15) is 17.9 Å². The number of rotatable bonds is 6. The molecule has 1 aromatic rings. The molecule has 2 rings (SSSR count). The number of aliphatic hydroxyl groups is 6. The molecular formula is C17H26ClNO9. The first-order valence-corrected chi connectivity index (χ1v) is 8.80. The molecule has 28 heavy (non-hydrogen) atoms. The Balaban J connectivity index is 0.000000280. The predicted octanol–water partition coefficient (Wildman–Crippen LogP) is -2.00. The number of carbonyl (C=O) groups is 1. The van der Waals surface area contributed by atoms with Crippen molar-refractivity contribution in [3.05, 3.63) is 34.9 Å². The van der Waals surface area contributed by atoms with Gasteiger partial charge in [-0.3, -0.25) is 4.79 Å². The van der Waals surface area contributed by atoms with E-state index in [9.17, 15) is 25.2 Å². The number of nitrogens with two attached hydrogens (primary N) is 1. The van der Waals surface area contributed by atoms with E-state index in [2.05, 4.69) is 4.74 Å². The van der Waals surface area contributed by atoms with Crippen molar-refractivity contribution >= 4 is 17.6 Å². The summed E-state index contributed by atoms with van der Waals surface area (Å²) in [6.07, 6.45) is -6.21. The number of ether oxygens (including phenoxy) is 1. The summed E-state index contributed by atoms with van der Waals surface area (Å²) in [5.41, 5.74) is 6.41. The lowest BCUT2D eigenvalue weighted by atomic mass is 9.93. The van der Waals surface area contributed by atoms with Gasteiger partial charge < -0.3 is 46.2 Å². The molecule has 1 aliphatic heterocycles. The number of halogens is 1. The highest BCUT2D eigenvalue weighted by atomic mass is 35.5. The van der Waals surface area contributed by atoms with Crippen molar-refractivity contribution in [2.24, 2.45) is 5.73 Å². The molecule has 0 aliphatic carbocycles. The highest BCUT2D eigenvalue weighted by Gasteiger charge is 2.52. The zero-order valence-corrected chi connectivity index (χ0v) is 15.7. The smallest absolute Gasteiger partial charge is 0.304 e. The average molecular weight is 424 g/mol. The molecule has 160 valence electrons. The molecule has 2 unspecified atom stereocenters. The molecule has 0 spiro atoms. The van der Waals surface area contributed by atoms with Crippen LogP contribution in [0.25, 0.3) is 0 Å². The number of benzene rings is 1. The van der Waals surface area contributed by atoms with Crippen LogP contribution in [0.4, 0.5) is 0 Å². The quantitative estimate of drug-likeness (QED) is 0.253. The van der Waals surface area contributed by atoms with Gasteiger partial charge in [0.15, 0.2) is 0 Å². The molecule has 1 aliphatic rings. The van der Waals surface area contributed by atoms with E-state index in [1.54, 1.807) is 12.1 Å². The van der Waals surface area contributed by atoms with Crippen molar-refractivity contribution in [3.63, 3.8) is 0 Å². The molecule has 0 radical (unpaired) electrons. The maximum atomic E-state index is 10.5. The first kappa shape index (κ1) is 24.7. The topological polar surface area (TPSA) is 194 Å². The normalized spacial score (nSPS) is 30.9. The van der Waals surface area contributed by atoms with E-state index in [0.29, 0.717) is 11.6 Å². The van der Waals surface area contributed by atoms with Gasteiger partial charge in [0.2, 0.25) is 5.79 Å². The Morgan fingerprint density at radius 1 is 1.18 bits per heavy atom. The summed E-state index contributed by atoms with van der Waals surface area (Å²) in [5, 5.41) is 63.9. The summed E-state index contributed by atoms with van der Waals surface area (Å²) >= 11 is 5.72. The second kappa shape index (κ2) is 11.0. The number of carboxylic acid groups (broad SMARTS) is 1. The Bertz CT molecular complexity index is 615. The van der Waals surface area contributed by atoms with Crippen molar-refractivity contribution in [1.82, 2.24) is 0 Å². The lowest BCUT2D eigenvalue weighted by molar-refractivity contribution is -0.357. The molecule has 0 bridgehead atoms. The van der Waals surface area contributed by atoms with Gasteiger partial charge in [0.05, 0.1) is 19.6 Å². The molecule has 0 amide bonds. The van der Waals surface area contributed by atoms with Gasteiger partial charge in [-0.25, -0.2) is 0 Å². The van der Waals surface area contributed by atoms with Gasteiger partial charge in [0, 0.05) is 10.9 Å². The van der Waals surface area contributed by atoms with E-state index >= 15 is 0 Å². The third-order valence-corrected chi connectivity index (χ3v) is 4.58. The number of hydrogen-bond donors (Lipinski definition) is 8. The molecular weight excluding hydrogens is 398 g/mol. The van der Waals surface area contributed by atoms with Crippen molar-refractivity contribution in [3.8, 4) is 0 Å². The molecule has 1 aromatic carbocycles. The van der Waals surface area contributed by atoms with E-state index < -0.39 is 49.4 Å². The zero-order chi connectivity index (χ0) is 21.5. The Labute approximate surface area is 166 Å². The molecule has 0 aromatic heterocycles. The third kappa shape index (κ3) is 6.34. The lowest BCUT2D eigenvalue weighted by Crippen LogP contribution is -2.66. The average Bonchev–Trinajstić information content (AvgIpc) is 2.68. The SMILES string of the molecule is NCC(CC(=O)O)c1ccc(Cl)cc1.OC[C@H]1OC(O)(CO)[C@@H](O)[C@@H](O)[C@@H]1O. The summed E-state index contributed by atoms with van der Waals surface area (Å²) in [7, 11) is 0. The summed E-state index contributed by atoms with van der Waals surface area (Å²) in [6, 6.07) is 7.09. The molecule has 0 saturated carbocycles. The molecule has 1 heterocycles. The van der Waals surface area contributed by atoms with Crippen molar-refractivity contribution in [2.45, 2.75) is 42.5 Å². The van der Waals surface area contributed by atoms with Gasteiger partial charge in [-0.15, -0.1) is 0 Å². The van der Waals surface area contributed by atoms with Gasteiger partial charge >= 0.3 is 5.97 Å². The van der Waals surface area contributed by atoms with Crippen LogP contribution < -0.4 is 5.73 Å². The van der Waals surface area contributed by atoms with E-state index in [1.165, 1.54) is 0 Å². The van der Waals surface area contributed by atoms with Crippen LogP contribution in [0.5, 0.6) is 0 Å². The Morgan fingerprint density at radius 3 is 2.18 bits per heavy atom. The largest absolute Gasteiger partial charge is 0.481 e. The minimum atomic E-state index is -2.36. The van der Waals surface area contributed by atoms with Crippen LogP contribution in [0.2, 0.25) is 5.02 Å². The van der Waals surface area contributed by atoms with E-state index in [4.69, 9.17) is 32.7 Å². The minimum absolute atomic E-state index is 0.0537. The molecule has 9 N–H and O–H groups in total. The van der Waals surface area contributed by atoms with Gasteiger partial charge in [0.1, 0.15) is 24.4 Å². The van der Waals surface area contributed by atoms with Gasteiger partial charge in [-0.2, -0.15) is 0 Å². The molecule has 11 heteroatoms. The summed E-state index contributed by atoms with van der Waals surface area (Å²) in [5.74, 6) is -3.33. The third-order valence-electron chi connectivity index (χ3n) is 4.33. The Kier molecular flexibility index (Phi) is 9.70. The maximum Gasteiger partial charge on any atom is 0.304 e. The predicted molar refractivity (Wildman–Crippen MR) is 97.5 cm³/mol. The molecule has 10 nitrogen and oxygen atoms in total. The van der Waals surface area contributed by atoms with Crippen LogP contribution >= 0.6 is 11.6 Å². The Morgan fingerprint density at radius 2 is 1.75 bits per heavy atom. The monoisotopic (exact) mass is 423 g/mol. The highest BCUT2D eigenvalue weighted by Crippen LogP contribution is 2.27. The van der Waals surface area contributed by atoms with Crippen molar-refractivity contribution < 1.29 is 45.3 Å². The second-order valence-electron chi connectivity index (χ2n) is 6.35. The molecule has 1 saturated heterocycles. The number of hydrogen-bond acceptors (Lipinski definition) is 9. The molecule has 1 fully saturated rings. The van der Waals surface area contributed by atoms with Gasteiger partial charge in [-0.05, 0) is 24.2 Å². The standard InChI is InChI=1S/C10H12ClNO2.C7H14O7/c11-9-3-1-7(2-4-9)8(6-12)5-10(13)14;8-1-3-4(10)5(11)6(12)7(13,2-9)14-3/h1-4,8H,5-6,12H2,(H,13,14);3-6,8-13H,1-2H2/t;3-,4-,5+,6+,7?/m.1/s1. The van der Waals surface area contributed by atoms with E-state index in [1.807, 2.05) is 12.1 Å². The molecule has 6 atom stereocenters. The highest BCUT2D eigenvalue weighted by molar-refractivity contribution is 6.30. The van der Waals surface area contributed by atoms with Crippen molar-refractivity contribution in [1.29, 1.82) is 0 Å². The van der Waals surface area contributed by atoms with Crippen LogP contribution in [-0.2, 0) is 9.53 Å². The van der Waals surface area contributed by atoms with E-state index in [0.717, 1.165) is 5.56 Å². The number of aliphatic hydroxyl groups excluding tert-OH is 5. The fourth-order valence-corrected chi connectivity index (χ4v) is 2.76. The van der Waals surface area contributed by atoms with Crippen LogP contribution in [0.3, 0.4) is 0 Å². The zero-order valence-electron chi connectivity index (χ0n) is 14.9. The van der Waals surface area contributed by atoms with Crippen molar-refractivity contribution in [2.75, 3.05) is 19.8 Å². The van der Waals surface area contributed by atoms with Crippen LogP contribution in [0.15, 0.2) is 24.3 Å². The van der Waals surface area contributed by atoms with Gasteiger partial charge in [-0.1, -0.05) is 23.7 Å². The fraction of sp³-hybridized carbons (Fsp3) is 0.588. The minimum Gasteiger partial charge on any atom is -0.481 e. The number of carboxylic acids is 1. The lowest BCUT2D eigenvalue weighted by Gasteiger charge is -2.44. The fourth-order valence-electron chi connectivity index (χ4n) is 2.63. The Hall–Kier alpha value is -1.34. The van der Waals surface area contributed by atoms with Crippen LogP contribution in [0, 0.1) is 0 Å². The second-order valence-corrected chi connectivity index (χ2v) is 6.79. The van der Waals surface area contributed by atoms with E-state index in [-0.39, 0.29) is 12.3 Å². The summed E-state index contributed by atoms with van der Waals surface area (Å²) in [6.45, 7) is -1.27. The van der Waals surface area contributed by atoms with Gasteiger partial charge in [0.25, 0.3) is 0 Å². The van der Waals surface area contributed by atoms with Crippen LogP contribution in [-0.4, -0.2) is 91.7 Å². The summed E-state index contributed by atoms with van der Waals surface area (Å²) in [4.78, 5) is 10.5.